The Labute approximate surface area is 196 Å². The van der Waals surface area contributed by atoms with Crippen molar-refractivity contribution in [2.75, 3.05) is 40.8 Å². The van der Waals surface area contributed by atoms with E-state index in [1.807, 2.05) is 45.0 Å². The van der Waals surface area contributed by atoms with Gasteiger partial charge >= 0.3 is 6.09 Å². The fourth-order valence-corrected chi connectivity index (χ4v) is 2.88. The van der Waals surface area contributed by atoms with Gasteiger partial charge < -0.3 is 25.2 Å². The number of aliphatic imine (C=N–C) groups is 1. The molecule has 1 heterocycles. The molecule has 1 aliphatic rings. The number of benzene rings is 1. The molecule has 0 atom stereocenters. The fourth-order valence-electron chi connectivity index (χ4n) is 2.88. The highest BCUT2D eigenvalue weighted by Crippen LogP contribution is 2.15. The van der Waals surface area contributed by atoms with Crippen LogP contribution in [-0.4, -0.2) is 80.2 Å². The van der Waals surface area contributed by atoms with Crippen LogP contribution in [0.15, 0.2) is 29.3 Å². The van der Waals surface area contributed by atoms with E-state index in [1.165, 1.54) is 0 Å². The third-order valence-corrected chi connectivity index (χ3v) is 4.38. The lowest BCUT2D eigenvalue weighted by Crippen LogP contribution is -2.63. The molecule has 0 radical (unpaired) electrons. The maximum atomic E-state index is 12.1. The van der Waals surface area contributed by atoms with E-state index in [0.29, 0.717) is 31.2 Å². The molecule has 2 amide bonds. The van der Waals surface area contributed by atoms with Crippen molar-refractivity contribution < 1.29 is 14.3 Å². The maximum Gasteiger partial charge on any atom is 0.410 e. The number of rotatable bonds is 5. The number of hydrogen-bond donors (Lipinski definition) is 2. The Hall–Kier alpha value is -2.04. The van der Waals surface area contributed by atoms with Crippen molar-refractivity contribution in [1.82, 2.24) is 20.4 Å². The van der Waals surface area contributed by atoms with Gasteiger partial charge in [0, 0.05) is 46.3 Å². The second-order valence-corrected chi connectivity index (χ2v) is 8.38. The summed E-state index contributed by atoms with van der Waals surface area (Å²) in [5.41, 5.74) is 1.29. The zero-order valence-corrected chi connectivity index (χ0v) is 21.0. The largest absolute Gasteiger partial charge is 0.444 e. The van der Waals surface area contributed by atoms with Crippen LogP contribution in [0.4, 0.5) is 4.79 Å². The first-order chi connectivity index (χ1) is 13.6. The second kappa shape index (κ2) is 11.4. The number of nitrogens with one attached hydrogen (secondary N) is 2. The number of carbonyl (C=O) groups is 2. The van der Waals surface area contributed by atoms with Gasteiger partial charge in [0.25, 0.3) is 5.91 Å². The average molecular weight is 531 g/mol. The average Bonchev–Trinajstić information content (AvgIpc) is 2.60. The van der Waals surface area contributed by atoms with Crippen molar-refractivity contribution in [3.63, 3.8) is 0 Å². The number of guanidine groups is 1. The summed E-state index contributed by atoms with van der Waals surface area (Å²) in [6.07, 6.45) is 0.481. The molecule has 0 saturated carbocycles. The molecule has 0 unspecified atom stereocenters. The summed E-state index contributed by atoms with van der Waals surface area (Å²) in [6.45, 7) is 7.44. The number of nitrogens with zero attached hydrogens (tertiary/aromatic N) is 3. The summed E-state index contributed by atoms with van der Waals surface area (Å²) in [4.78, 5) is 31.6. The van der Waals surface area contributed by atoms with Gasteiger partial charge in [-0.05, 0) is 44.9 Å². The standard InChI is InChI=1S/C21H33N5O3.HI/c1-21(2,3)29-20(28)26-13-17(14-26)24-19(22-4)23-11-10-15-8-7-9-16(12-15)18(27)25(5)6;/h7-9,12,17H,10-11,13-14H2,1-6H3,(H2,22,23,24);1H. The van der Waals surface area contributed by atoms with Crippen LogP contribution >= 0.6 is 24.0 Å². The first-order valence-corrected chi connectivity index (χ1v) is 9.85. The van der Waals surface area contributed by atoms with Gasteiger partial charge in [0.15, 0.2) is 5.96 Å². The van der Waals surface area contributed by atoms with E-state index in [-0.39, 0.29) is 42.0 Å². The monoisotopic (exact) mass is 531 g/mol. The van der Waals surface area contributed by atoms with Crippen LogP contribution in [0.25, 0.3) is 0 Å². The van der Waals surface area contributed by atoms with E-state index in [2.05, 4.69) is 15.6 Å². The number of carbonyl (C=O) groups excluding carboxylic acids is 2. The third-order valence-electron chi connectivity index (χ3n) is 4.38. The number of halogens is 1. The molecule has 8 nitrogen and oxygen atoms in total. The molecule has 0 bridgehead atoms. The minimum absolute atomic E-state index is 0. The highest BCUT2D eigenvalue weighted by Gasteiger charge is 2.34. The van der Waals surface area contributed by atoms with Crippen molar-refractivity contribution in [2.45, 2.75) is 38.8 Å². The van der Waals surface area contributed by atoms with Gasteiger partial charge in [0.05, 0.1) is 6.04 Å². The van der Waals surface area contributed by atoms with Crippen molar-refractivity contribution >= 4 is 41.9 Å². The minimum Gasteiger partial charge on any atom is -0.444 e. The predicted molar refractivity (Wildman–Crippen MR) is 130 cm³/mol. The first kappa shape index (κ1) is 26.0. The van der Waals surface area contributed by atoms with E-state index in [0.717, 1.165) is 12.0 Å². The number of likely N-dealkylation sites (tertiary alicyclic amines) is 1. The van der Waals surface area contributed by atoms with Crippen LogP contribution in [-0.2, 0) is 11.2 Å². The second-order valence-electron chi connectivity index (χ2n) is 8.38. The zero-order valence-electron chi connectivity index (χ0n) is 18.7. The number of hydrogen-bond acceptors (Lipinski definition) is 4. The van der Waals surface area contributed by atoms with Crippen molar-refractivity contribution in [1.29, 1.82) is 0 Å². The molecular formula is C21H34IN5O3. The fraction of sp³-hybridized carbons (Fsp3) is 0.571. The molecular weight excluding hydrogens is 497 g/mol. The van der Waals surface area contributed by atoms with Crippen LogP contribution in [0.1, 0.15) is 36.7 Å². The Morgan fingerprint density at radius 3 is 2.50 bits per heavy atom. The molecule has 1 aromatic rings. The van der Waals surface area contributed by atoms with Crippen LogP contribution < -0.4 is 10.6 Å². The molecule has 2 N–H and O–H groups in total. The van der Waals surface area contributed by atoms with Gasteiger partial charge in [-0.2, -0.15) is 0 Å². The Bertz CT molecular complexity index is 755. The van der Waals surface area contributed by atoms with E-state index >= 15 is 0 Å². The summed E-state index contributed by atoms with van der Waals surface area (Å²) in [5.74, 6) is 0.691. The highest BCUT2D eigenvalue weighted by atomic mass is 127. The lowest BCUT2D eigenvalue weighted by atomic mass is 10.1. The van der Waals surface area contributed by atoms with E-state index in [4.69, 9.17) is 4.74 Å². The summed E-state index contributed by atoms with van der Waals surface area (Å²) in [7, 11) is 5.21. The third kappa shape index (κ3) is 8.00. The quantitative estimate of drug-likeness (QED) is 0.346. The number of ether oxygens (including phenoxy) is 1. The molecule has 30 heavy (non-hydrogen) atoms. The molecule has 0 aliphatic carbocycles. The van der Waals surface area contributed by atoms with E-state index < -0.39 is 5.60 Å². The van der Waals surface area contributed by atoms with Crippen molar-refractivity contribution in [2.24, 2.45) is 4.99 Å². The van der Waals surface area contributed by atoms with Crippen LogP contribution in [0.3, 0.4) is 0 Å². The zero-order chi connectivity index (χ0) is 21.6. The van der Waals surface area contributed by atoms with Gasteiger partial charge in [-0.25, -0.2) is 4.79 Å². The van der Waals surface area contributed by atoms with Gasteiger partial charge in [0.2, 0.25) is 0 Å². The highest BCUT2D eigenvalue weighted by molar-refractivity contribution is 14.0. The van der Waals surface area contributed by atoms with Crippen molar-refractivity contribution in [3.05, 3.63) is 35.4 Å². The molecule has 2 rings (SSSR count). The SMILES string of the molecule is CN=C(NCCc1cccc(C(=O)N(C)C)c1)NC1CN(C(=O)OC(C)(C)C)C1.I. The van der Waals surface area contributed by atoms with Gasteiger partial charge in [0.1, 0.15) is 5.60 Å². The van der Waals surface area contributed by atoms with Gasteiger partial charge in [-0.3, -0.25) is 9.79 Å². The summed E-state index contributed by atoms with van der Waals surface area (Å²) in [5, 5.41) is 6.59. The van der Waals surface area contributed by atoms with Crippen LogP contribution in [0.2, 0.25) is 0 Å². The topological polar surface area (TPSA) is 86.3 Å². The smallest absolute Gasteiger partial charge is 0.410 e. The summed E-state index contributed by atoms with van der Waals surface area (Å²) < 4.78 is 5.36. The maximum absolute atomic E-state index is 12.1. The molecule has 0 spiro atoms. The van der Waals surface area contributed by atoms with Gasteiger partial charge in [-0.15, -0.1) is 24.0 Å². The Morgan fingerprint density at radius 1 is 1.27 bits per heavy atom. The van der Waals surface area contributed by atoms with E-state index in [1.54, 1.807) is 30.9 Å². The molecule has 9 heteroatoms. The molecule has 1 aliphatic heterocycles. The molecule has 1 saturated heterocycles. The lowest BCUT2D eigenvalue weighted by molar-refractivity contribution is 0.00700. The number of amides is 2. The molecule has 0 aromatic heterocycles. The van der Waals surface area contributed by atoms with Crippen molar-refractivity contribution in [3.8, 4) is 0 Å². The van der Waals surface area contributed by atoms with Crippen LogP contribution in [0, 0.1) is 0 Å². The Balaban J connectivity index is 0.00000450. The normalized spacial score (nSPS) is 14.3. The predicted octanol–water partition coefficient (Wildman–Crippen LogP) is 2.33. The minimum atomic E-state index is -0.484. The molecule has 168 valence electrons. The first-order valence-electron chi connectivity index (χ1n) is 9.85. The Morgan fingerprint density at radius 2 is 1.93 bits per heavy atom. The van der Waals surface area contributed by atoms with E-state index in [9.17, 15) is 9.59 Å². The molecule has 1 fully saturated rings. The summed E-state index contributed by atoms with van der Waals surface area (Å²) >= 11 is 0. The van der Waals surface area contributed by atoms with Crippen LogP contribution in [0.5, 0.6) is 0 Å². The Kier molecular flexibility index (Phi) is 9.86. The summed E-state index contributed by atoms with van der Waals surface area (Å²) in [6, 6.07) is 7.81. The molecule has 1 aromatic carbocycles. The van der Waals surface area contributed by atoms with Gasteiger partial charge in [-0.1, -0.05) is 12.1 Å². The lowest BCUT2D eigenvalue weighted by Gasteiger charge is -2.40.